The Labute approximate surface area is 200 Å². The van der Waals surface area contributed by atoms with Crippen LogP contribution in [0.25, 0.3) is 22.6 Å². The zero-order chi connectivity index (χ0) is 23.0. The first-order chi connectivity index (χ1) is 15.2. The number of halogens is 2. The van der Waals surface area contributed by atoms with Gasteiger partial charge in [-0.05, 0) is 75.0 Å². The average Bonchev–Trinajstić information content (AvgIpc) is 3.13. The van der Waals surface area contributed by atoms with Crippen molar-refractivity contribution in [1.29, 1.82) is 0 Å². The number of fused-ring (bicyclic) bond motifs is 1. The van der Waals surface area contributed by atoms with Gasteiger partial charge in [-0.1, -0.05) is 46.5 Å². The second-order valence-corrected chi connectivity index (χ2v) is 8.82. The van der Waals surface area contributed by atoms with Gasteiger partial charge in [0.05, 0.1) is 5.02 Å². The number of nitrogens with one attached hydrogen (secondary N) is 2. The first-order valence-electron chi connectivity index (χ1n) is 9.77. The van der Waals surface area contributed by atoms with Crippen molar-refractivity contribution < 1.29 is 9.21 Å². The SMILES string of the molecule is Cc1cc(C)cc(C(=O)NC(=S)Nc2cc(-c3nc4cc(Cl)cc(Cl)c4o3)ccc2C)c1. The monoisotopic (exact) mass is 483 g/mol. The molecule has 0 atom stereocenters. The van der Waals surface area contributed by atoms with Crippen molar-refractivity contribution in [3.8, 4) is 11.5 Å². The Morgan fingerprint density at radius 1 is 1.00 bits per heavy atom. The molecule has 4 rings (SSSR count). The van der Waals surface area contributed by atoms with E-state index in [0.717, 1.165) is 27.9 Å². The van der Waals surface area contributed by atoms with Gasteiger partial charge in [0, 0.05) is 21.8 Å². The lowest BCUT2D eigenvalue weighted by Crippen LogP contribution is -2.34. The lowest BCUT2D eigenvalue weighted by molar-refractivity contribution is 0.0977. The standard InChI is InChI=1S/C24H19Cl2N3O2S/c1-12-6-13(2)8-16(7-12)22(30)29-24(32)28-19-9-15(5-4-14(19)3)23-27-20-11-17(25)10-18(26)21(20)31-23/h4-11H,1-3H3,(H2,28,29,30,32). The fourth-order valence-corrected chi connectivity index (χ4v) is 4.13. The lowest BCUT2D eigenvalue weighted by atomic mass is 10.1. The van der Waals surface area contributed by atoms with Gasteiger partial charge in [0.25, 0.3) is 5.91 Å². The van der Waals surface area contributed by atoms with Crippen molar-refractivity contribution in [3.05, 3.63) is 80.8 Å². The highest BCUT2D eigenvalue weighted by Crippen LogP contribution is 2.33. The number of aromatic nitrogens is 1. The summed E-state index contributed by atoms with van der Waals surface area (Å²) in [5, 5.41) is 6.89. The number of benzene rings is 3. The predicted molar refractivity (Wildman–Crippen MR) is 134 cm³/mol. The summed E-state index contributed by atoms with van der Waals surface area (Å²) in [5.74, 6) is 0.131. The van der Waals surface area contributed by atoms with Crippen LogP contribution in [0.15, 0.2) is 52.9 Å². The maximum Gasteiger partial charge on any atom is 0.257 e. The van der Waals surface area contributed by atoms with Gasteiger partial charge < -0.3 is 9.73 Å². The Bertz CT molecular complexity index is 1360. The van der Waals surface area contributed by atoms with E-state index in [2.05, 4.69) is 15.6 Å². The average molecular weight is 484 g/mol. The van der Waals surface area contributed by atoms with Crippen molar-refractivity contribution in [3.63, 3.8) is 0 Å². The molecule has 4 aromatic rings. The first kappa shape index (κ1) is 22.3. The molecule has 0 saturated carbocycles. The molecule has 0 bridgehead atoms. The molecule has 8 heteroatoms. The quantitative estimate of drug-likeness (QED) is 0.311. The summed E-state index contributed by atoms with van der Waals surface area (Å²) >= 11 is 17.6. The highest BCUT2D eigenvalue weighted by molar-refractivity contribution is 7.80. The fourth-order valence-electron chi connectivity index (χ4n) is 3.41. The van der Waals surface area contributed by atoms with E-state index in [1.807, 2.05) is 57.2 Å². The normalized spacial score (nSPS) is 10.9. The molecule has 32 heavy (non-hydrogen) atoms. The summed E-state index contributed by atoms with van der Waals surface area (Å²) in [7, 11) is 0. The molecule has 0 fully saturated rings. The van der Waals surface area contributed by atoms with E-state index < -0.39 is 0 Å². The van der Waals surface area contributed by atoms with Crippen molar-refractivity contribution in [1.82, 2.24) is 10.3 Å². The second-order valence-electron chi connectivity index (χ2n) is 7.57. The molecule has 1 amide bonds. The molecule has 0 aliphatic rings. The molecule has 3 aromatic carbocycles. The van der Waals surface area contributed by atoms with Crippen LogP contribution in [0, 0.1) is 20.8 Å². The molecule has 0 saturated heterocycles. The highest BCUT2D eigenvalue weighted by Gasteiger charge is 2.15. The van der Waals surface area contributed by atoms with Gasteiger partial charge in [-0.2, -0.15) is 0 Å². The zero-order valence-electron chi connectivity index (χ0n) is 17.5. The van der Waals surface area contributed by atoms with Crippen LogP contribution in [-0.2, 0) is 0 Å². The predicted octanol–water partition coefficient (Wildman–Crippen LogP) is 6.85. The van der Waals surface area contributed by atoms with E-state index >= 15 is 0 Å². The van der Waals surface area contributed by atoms with Gasteiger partial charge in [0.2, 0.25) is 5.89 Å². The Hall–Kier alpha value is -2.93. The molecule has 1 aromatic heterocycles. The summed E-state index contributed by atoms with van der Waals surface area (Å²) in [6.07, 6.45) is 0. The van der Waals surface area contributed by atoms with Gasteiger partial charge in [-0.25, -0.2) is 4.98 Å². The number of nitrogens with zero attached hydrogens (tertiary/aromatic N) is 1. The van der Waals surface area contributed by atoms with Crippen LogP contribution in [0.4, 0.5) is 5.69 Å². The topological polar surface area (TPSA) is 67.2 Å². The van der Waals surface area contributed by atoms with Crippen LogP contribution in [0.2, 0.25) is 10.0 Å². The lowest BCUT2D eigenvalue weighted by Gasteiger charge is -2.13. The number of anilines is 1. The summed E-state index contributed by atoms with van der Waals surface area (Å²) in [6, 6.07) is 14.6. The number of rotatable bonds is 3. The fraction of sp³-hybridized carbons (Fsp3) is 0.125. The third kappa shape index (κ3) is 4.78. The molecule has 1 heterocycles. The van der Waals surface area contributed by atoms with Gasteiger partial charge in [0.15, 0.2) is 10.7 Å². The smallest absolute Gasteiger partial charge is 0.257 e. The van der Waals surface area contributed by atoms with E-state index in [1.165, 1.54) is 0 Å². The van der Waals surface area contributed by atoms with Gasteiger partial charge >= 0.3 is 0 Å². The van der Waals surface area contributed by atoms with Crippen LogP contribution >= 0.6 is 35.4 Å². The minimum Gasteiger partial charge on any atom is -0.435 e. The molecule has 162 valence electrons. The van der Waals surface area contributed by atoms with E-state index in [-0.39, 0.29) is 11.0 Å². The summed E-state index contributed by atoms with van der Waals surface area (Å²) in [6.45, 7) is 5.83. The molecule has 2 N–H and O–H groups in total. The van der Waals surface area contributed by atoms with Gasteiger partial charge in [0.1, 0.15) is 5.52 Å². The van der Waals surface area contributed by atoms with Gasteiger partial charge in [-0.15, -0.1) is 0 Å². The van der Waals surface area contributed by atoms with E-state index in [4.69, 9.17) is 39.8 Å². The van der Waals surface area contributed by atoms with E-state index in [1.54, 1.807) is 12.1 Å². The molecular weight excluding hydrogens is 465 g/mol. The molecule has 0 radical (unpaired) electrons. The molecule has 0 spiro atoms. The highest BCUT2D eigenvalue weighted by atomic mass is 35.5. The number of oxazole rings is 1. The molecular formula is C24H19Cl2N3O2S. The van der Waals surface area contributed by atoms with Crippen molar-refractivity contribution in [2.24, 2.45) is 0 Å². The molecule has 0 unspecified atom stereocenters. The summed E-state index contributed by atoms with van der Waals surface area (Å²) < 4.78 is 5.85. The van der Waals surface area contributed by atoms with Crippen LogP contribution in [0.5, 0.6) is 0 Å². The second kappa shape index (κ2) is 8.90. The van der Waals surface area contributed by atoms with Gasteiger partial charge in [-0.3, -0.25) is 10.1 Å². The van der Waals surface area contributed by atoms with E-state index in [9.17, 15) is 4.79 Å². The minimum atomic E-state index is -0.270. The van der Waals surface area contributed by atoms with E-state index in [0.29, 0.717) is 32.6 Å². The molecule has 0 aliphatic heterocycles. The van der Waals surface area contributed by atoms with Crippen molar-refractivity contribution in [2.75, 3.05) is 5.32 Å². The number of hydrogen-bond acceptors (Lipinski definition) is 4. The number of thiocarbonyl (C=S) groups is 1. The maximum absolute atomic E-state index is 12.6. The zero-order valence-corrected chi connectivity index (χ0v) is 19.9. The third-order valence-electron chi connectivity index (χ3n) is 4.85. The largest absolute Gasteiger partial charge is 0.435 e. The van der Waals surface area contributed by atoms with Crippen LogP contribution < -0.4 is 10.6 Å². The Balaban J connectivity index is 1.56. The number of hydrogen-bond donors (Lipinski definition) is 2. The number of amides is 1. The minimum absolute atomic E-state index is 0.196. The first-order valence-corrected chi connectivity index (χ1v) is 10.9. The third-order valence-corrected chi connectivity index (χ3v) is 5.56. The number of carbonyl (C=O) groups excluding carboxylic acids is 1. The van der Waals surface area contributed by atoms with Crippen LogP contribution in [-0.4, -0.2) is 16.0 Å². The van der Waals surface area contributed by atoms with Crippen molar-refractivity contribution in [2.45, 2.75) is 20.8 Å². The number of carbonyl (C=O) groups is 1. The Kier molecular flexibility index (Phi) is 6.20. The molecule has 5 nitrogen and oxygen atoms in total. The number of aryl methyl sites for hydroxylation is 3. The summed E-state index contributed by atoms with van der Waals surface area (Å²) in [5.41, 5.74) is 6.01. The summed E-state index contributed by atoms with van der Waals surface area (Å²) in [4.78, 5) is 17.1. The van der Waals surface area contributed by atoms with Crippen molar-refractivity contribution >= 4 is 63.2 Å². The van der Waals surface area contributed by atoms with Crippen LogP contribution in [0.3, 0.4) is 0 Å². The Morgan fingerprint density at radius 2 is 1.72 bits per heavy atom. The Morgan fingerprint density at radius 3 is 2.44 bits per heavy atom. The molecule has 0 aliphatic carbocycles. The maximum atomic E-state index is 12.6. The van der Waals surface area contributed by atoms with Crippen LogP contribution in [0.1, 0.15) is 27.0 Å².